The topological polar surface area (TPSA) is 99.6 Å². The van der Waals surface area contributed by atoms with Crippen LogP contribution in [0.1, 0.15) is 0 Å². The van der Waals surface area contributed by atoms with Crippen LogP contribution in [0.4, 0.5) is 5.88 Å². The first-order valence-electron chi connectivity index (χ1n) is 7.18. The largest absolute Gasteiger partial charge is 0.456 e. The van der Waals surface area contributed by atoms with Crippen LogP contribution < -0.4 is 15.9 Å². The summed E-state index contributed by atoms with van der Waals surface area (Å²) in [6.45, 7) is 0. The molecule has 0 saturated heterocycles. The van der Waals surface area contributed by atoms with Crippen LogP contribution >= 0.6 is 11.8 Å². The Kier molecular flexibility index (Phi) is 4.49. The number of nitrogens with two attached hydrogens (primary N) is 1. The van der Waals surface area contributed by atoms with E-state index in [1.54, 1.807) is 30.5 Å². The molecular formula is C17H15NO5S2. The van der Waals surface area contributed by atoms with Gasteiger partial charge in [-0.2, -0.15) is 0 Å². The van der Waals surface area contributed by atoms with Crippen molar-refractivity contribution in [1.29, 1.82) is 0 Å². The minimum atomic E-state index is -3.62. The van der Waals surface area contributed by atoms with Gasteiger partial charge in [-0.3, -0.25) is 4.79 Å². The fourth-order valence-electron chi connectivity index (χ4n) is 2.38. The third-order valence-corrected chi connectivity index (χ3v) is 5.43. The zero-order chi connectivity index (χ0) is 18.2. The molecule has 3 aromatic rings. The standard InChI is InChI=1S/C17H15NO5S2/c1-24-16-15(19)11-8-13(22-10-6-4-3-5-7-10)14(25(2,20)21)9-12(11)23-17(16)18/h3-9H,18H2,1-2H3. The molecule has 0 bridgehead atoms. The Morgan fingerprint density at radius 2 is 1.84 bits per heavy atom. The van der Waals surface area contributed by atoms with Gasteiger partial charge in [0.1, 0.15) is 26.9 Å². The zero-order valence-electron chi connectivity index (χ0n) is 13.5. The van der Waals surface area contributed by atoms with E-state index in [9.17, 15) is 13.2 Å². The second kappa shape index (κ2) is 6.45. The Labute approximate surface area is 148 Å². The molecule has 2 N–H and O–H groups in total. The number of para-hydroxylation sites is 1. The highest BCUT2D eigenvalue weighted by atomic mass is 32.2. The van der Waals surface area contributed by atoms with Crippen LogP contribution in [0.3, 0.4) is 0 Å². The third-order valence-electron chi connectivity index (χ3n) is 3.52. The number of nitrogen functional groups attached to an aromatic ring is 1. The van der Waals surface area contributed by atoms with E-state index in [0.29, 0.717) is 5.75 Å². The van der Waals surface area contributed by atoms with Gasteiger partial charge in [0.15, 0.2) is 9.84 Å². The molecule has 0 aliphatic carbocycles. The number of thioether (sulfide) groups is 1. The van der Waals surface area contributed by atoms with Crippen molar-refractivity contribution in [3.05, 3.63) is 52.7 Å². The Morgan fingerprint density at radius 3 is 2.44 bits per heavy atom. The van der Waals surface area contributed by atoms with E-state index >= 15 is 0 Å². The maximum atomic E-state index is 12.6. The zero-order valence-corrected chi connectivity index (χ0v) is 15.1. The van der Waals surface area contributed by atoms with E-state index in [1.165, 1.54) is 23.9 Å². The van der Waals surface area contributed by atoms with Gasteiger partial charge in [-0.1, -0.05) is 18.2 Å². The smallest absolute Gasteiger partial charge is 0.208 e. The normalized spacial score (nSPS) is 11.6. The van der Waals surface area contributed by atoms with E-state index in [4.69, 9.17) is 14.9 Å². The lowest BCUT2D eigenvalue weighted by Gasteiger charge is -2.12. The lowest BCUT2D eigenvalue weighted by atomic mass is 10.2. The van der Waals surface area contributed by atoms with Crippen LogP contribution in [-0.4, -0.2) is 20.9 Å². The fourth-order valence-corrected chi connectivity index (χ4v) is 3.71. The van der Waals surface area contributed by atoms with Gasteiger partial charge in [-0.25, -0.2) is 8.42 Å². The first-order valence-corrected chi connectivity index (χ1v) is 10.3. The number of ether oxygens (including phenoxy) is 1. The van der Waals surface area contributed by atoms with E-state index in [2.05, 4.69) is 0 Å². The summed E-state index contributed by atoms with van der Waals surface area (Å²) in [7, 11) is -3.62. The van der Waals surface area contributed by atoms with Gasteiger partial charge < -0.3 is 14.9 Å². The number of rotatable bonds is 4. The number of hydrogen-bond acceptors (Lipinski definition) is 7. The van der Waals surface area contributed by atoms with Crippen molar-refractivity contribution in [2.45, 2.75) is 9.79 Å². The van der Waals surface area contributed by atoms with Gasteiger partial charge in [-0.15, -0.1) is 11.8 Å². The van der Waals surface area contributed by atoms with Crippen LogP contribution in [0.25, 0.3) is 11.0 Å². The maximum Gasteiger partial charge on any atom is 0.208 e. The van der Waals surface area contributed by atoms with Crippen LogP contribution in [0.5, 0.6) is 11.5 Å². The van der Waals surface area contributed by atoms with E-state index in [-0.39, 0.29) is 37.8 Å². The minimum Gasteiger partial charge on any atom is -0.456 e. The Hall–Kier alpha value is -2.45. The number of anilines is 1. The fraction of sp³-hybridized carbons (Fsp3) is 0.118. The summed E-state index contributed by atoms with van der Waals surface area (Å²) >= 11 is 1.17. The quantitative estimate of drug-likeness (QED) is 0.696. The molecule has 0 radical (unpaired) electrons. The second-order valence-corrected chi connectivity index (χ2v) is 8.11. The molecule has 0 atom stereocenters. The van der Waals surface area contributed by atoms with Crippen LogP contribution in [0.15, 0.2) is 61.5 Å². The van der Waals surface area contributed by atoms with Crippen molar-refractivity contribution in [3.63, 3.8) is 0 Å². The van der Waals surface area contributed by atoms with Gasteiger partial charge in [-0.05, 0) is 24.5 Å². The van der Waals surface area contributed by atoms with Crippen molar-refractivity contribution in [1.82, 2.24) is 0 Å². The molecule has 0 aliphatic heterocycles. The van der Waals surface area contributed by atoms with E-state index < -0.39 is 9.84 Å². The molecule has 1 heterocycles. The van der Waals surface area contributed by atoms with Gasteiger partial charge in [0.25, 0.3) is 0 Å². The molecule has 130 valence electrons. The molecule has 3 rings (SSSR count). The highest BCUT2D eigenvalue weighted by molar-refractivity contribution is 7.98. The molecule has 6 nitrogen and oxygen atoms in total. The molecule has 0 aliphatic rings. The predicted octanol–water partition coefficient (Wildman–Crippen LogP) is 3.29. The lowest BCUT2D eigenvalue weighted by molar-refractivity contribution is 0.467. The molecule has 0 fully saturated rings. The van der Waals surface area contributed by atoms with Crippen LogP contribution in [0.2, 0.25) is 0 Å². The van der Waals surface area contributed by atoms with Crippen molar-refractivity contribution in [3.8, 4) is 11.5 Å². The van der Waals surface area contributed by atoms with Gasteiger partial charge >= 0.3 is 0 Å². The van der Waals surface area contributed by atoms with E-state index in [0.717, 1.165) is 6.26 Å². The first-order chi connectivity index (χ1) is 11.8. The lowest BCUT2D eigenvalue weighted by Crippen LogP contribution is -2.09. The maximum absolute atomic E-state index is 12.6. The minimum absolute atomic E-state index is 0.0406. The third kappa shape index (κ3) is 3.35. The average molecular weight is 377 g/mol. The van der Waals surface area contributed by atoms with Gasteiger partial charge in [0.05, 0.1) is 5.39 Å². The van der Waals surface area contributed by atoms with Crippen molar-refractivity contribution < 1.29 is 17.6 Å². The molecule has 8 heteroatoms. The van der Waals surface area contributed by atoms with Gasteiger partial charge in [0, 0.05) is 12.3 Å². The molecule has 0 amide bonds. The summed E-state index contributed by atoms with van der Waals surface area (Å²) in [5.74, 6) is 0.475. The molecular weight excluding hydrogens is 362 g/mol. The highest BCUT2D eigenvalue weighted by Gasteiger charge is 2.21. The SMILES string of the molecule is CSc1c(N)oc2cc(S(C)(=O)=O)c(Oc3ccccc3)cc2c1=O. The Balaban J connectivity index is 2.31. The predicted molar refractivity (Wildman–Crippen MR) is 98.3 cm³/mol. The molecule has 0 saturated carbocycles. The summed E-state index contributed by atoms with van der Waals surface area (Å²) in [5, 5.41) is 0.205. The second-order valence-electron chi connectivity index (χ2n) is 5.31. The van der Waals surface area contributed by atoms with Crippen molar-refractivity contribution >= 4 is 38.5 Å². The summed E-state index contributed by atoms with van der Waals surface area (Å²) in [6, 6.07) is 11.4. The molecule has 1 aromatic heterocycles. The summed E-state index contributed by atoms with van der Waals surface area (Å²) in [4.78, 5) is 12.8. The molecule has 2 aromatic carbocycles. The van der Waals surface area contributed by atoms with E-state index in [1.807, 2.05) is 6.07 Å². The number of benzene rings is 2. The average Bonchev–Trinajstić information content (AvgIpc) is 2.55. The highest BCUT2D eigenvalue weighted by Crippen LogP contribution is 2.34. The summed E-state index contributed by atoms with van der Waals surface area (Å²) in [5.41, 5.74) is 5.52. The van der Waals surface area contributed by atoms with Crippen LogP contribution in [0, 0.1) is 0 Å². The summed E-state index contributed by atoms with van der Waals surface area (Å²) < 4.78 is 35.4. The Morgan fingerprint density at radius 1 is 1.16 bits per heavy atom. The molecule has 0 spiro atoms. The molecule has 0 unspecified atom stereocenters. The number of hydrogen-bond donors (Lipinski definition) is 1. The first kappa shape index (κ1) is 17.4. The Bertz CT molecular complexity index is 1110. The van der Waals surface area contributed by atoms with Gasteiger partial charge in [0.2, 0.25) is 11.3 Å². The van der Waals surface area contributed by atoms with Crippen LogP contribution in [-0.2, 0) is 9.84 Å². The van der Waals surface area contributed by atoms with Crippen molar-refractivity contribution in [2.75, 3.05) is 18.2 Å². The monoisotopic (exact) mass is 377 g/mol. The van der Waals surface area contributed by atoms with Crippen molar-refractivity contribution in [2.24, 2.45) is 0 Å². The number of sulfone groups is 1. The number of fused-ring (bicyclic) bond motifs is 1. The molecule has 25 heavy (non-hydrogen) atoms. The summed E-state index contributed by atoms with van der Waals surface area (Å²) in [6.07, 6.45) is 2.77.